The molecule has 0 unspecified atom stereocenters. The maximum absolute atomic E-state index is 6.16. The highest BCUT2D eigenvalue weighted by atomic mass is 35.5. The van der Waals surface area contributed by atoms with Crippen LogP contribution in [0.3, 0.4) is 0 Å². The molecule has 0 aliphatic carbocycles. The molecule has 0 aromatic heterocycles. The van der Waals surface area contributed by atoms with E-state index in [2.05, 4.69) is 4.90 Å². The number of methoxy groups -OCH3 is 1. The van der Waals surface area contributed by atoms with Crippen molar-refractivity contribution in [2.75, 3.05) is 33.4 Å². The summed E-state index contributed by atoms with van der Waals surface area (Å²) in [5.41, 5.74) is 6.59. The molecule has 1 aromatic carbocycles. The zero-order valence-electron chi connectivity index (χ0n) is 11.6. The van der Waals surface area contributed by atoms with E-state index in [0.717, 1.165) is 38.2 Å². The zero-order valence-corrected chi connectivity index (χ0v) is 13.1. The van der Waals surface area contributed by atoms with Gasteiger partial charge in [0.25, 0.3) is 0 Å². The van der Waals surface area contributed by atoms with Crippen LogP contribution in [0.15, 0.2) is 12.1 Å². The Bertz CT molecular complexity index is 455. The fourth-order valence-corrected chi connectivity index (χ4v) is 3.10. The fourth-order valence-electron chi connectivity index (χ4n) is 2.49. The molecule has 0 bridgehead atoms. The topological polar surface area (TPSA) is 47.7 Å². The predicted octanol–water partition coefficient (Wildman–Crippen LogP) is 2.55. The molecule has 1 aliphatic rings. The molecule has 2 rings (SSSR count). The molecule has 6 heteroatoms. The normalized spacial score (nSPS) is 20.1. The SMILES string of the molecule is COc1c(Cl)cc(Cl)cc1CN1CCO[C@H](CCN)C1. The van der Waals surface area contributed by atoms with E-state index < -0.39 is 0 Å². The smallest absolute Gasteiger partial charge is 0.142 e. The number of halogens is 2. The molecule has 1 aliphatic heterocycles. The summed E-state index contributed by atoms with van der Waals surface area (Å²) < 4.78 is 11.1. The van der Waals surface area contributed by atoms with Gasteiger partial charge in [0.2, 0.25) is 0 Å². The molecule has 1 atom stereocenters. The van der Waals surface area contributed by atoms with Crippen molar-refractivity contribution in [1.29, 1.82) is 0 Å². The zero-order chi connectivity index (χ0) is 14.5. The quantitative estimate of drug-likeness (QED) is 0.906. The monoisotopic (exact) mass is 318 g/mol. The van der Waals surface area contributed by atoms with Crippen LogP contribution in [0.25, 0.3) is 0 Å². The molecule has 2 N–H and O–H groups in total. The molecule has 20 heavy (non-hydrogen) atoms. The van der Waals surface area contributed by atoms with Crippen molar-refractivity contribution in [3.63, 3.8) is 0 Å². The van der Waals surface area contributed by atoms with E-state index in [1.807, 2.05) is 6.07 Å². The van der Waals surface area contributed by atoms with Crippen LogP contribution >= 0.6 is 23.2 Å². The summed E-state index contributed by atoms with van der Waals surface area (Å²) in [5.74, 6) is 0.693. The van der Waals surface area contributed by atoms with Crippen LogP contribution in [-0.2, 0) is 11.3 Å². The van der Waals surface area contributed by atoms with Crippen LogP contribution in [0.1, 0.15) is 12.0 Å². The van der Waals surface area contributed by atoms with Crippen LogP contribution in [0.2, 0.25) is 10.0 Å². The third-order valence-electron chi connectivity index (χ3n) is 3.39. The maximum atomic E-state index is 6.16. The molecule has 0 amide bonds. The maximum Gasteiger partial charge on any atom is 0.142 e. The summed E-state index contributed by atoms with van der Waals surface area (Å²) >= 11 is 12.2. The van der Waals surface area contributed by atoms with Gasteiger partial charge in [-0.25, -0.2) is 0 Å². The largest absolute Gasteiger partial charge is 0.495 e. The second-order valence-electron chi connectivity index (χ2n) is 4.89. The van der Waals surface area contributed by atoms with E-state index in [-0.39, 0.29) is 6.10 Å². The molecule has 1 aromatic rings. The van der Waals surface area contributed by atoms with E-state index in [0.29, 0.717) is 22.3 Å². The average Bonchev–Trinajstić information content (AvgIpc) is 2.39. The van der Waals surface area contributed by atoms with Gasteiger partial charge >= 0.3 is 0 Å². The number of ether oxygens (including phenoxy) is 2. The molecule has 112 valence electrons. The molecular weight excluding hydrogens is 299 g/mol. The Morgan fingerprint density at radius 2 is 2.25 bits per heavy atom. The van der Waals surface area contributed by atoms with Crippen LogP contribution in [-0.4, -0.2) is 44.4 Å². The Hall–Kier alpha value is -0.520. The van der Waals surface area contributed by atoms with Crippen LogP contribution in [0, 0.1) is 0 Å². The first-order chi connectivity index (χ1) is 9.63. The lowest BCUT2D eigenvalue weighted by Crippen LogP contribution is -2.42. The third-order valence-corrected chi connectivity index (χ3v) is 3.89. The molecule has 1 saturated heterocycles. The predicted molar refractivity (Wildman–Crippen MR) is 81.7 cm³/mol. The van der Waals surface area contributed by atoms with Crippen molar-refractivity contribution in [1.82, 2.24) is 4.90 Å². The minimum Gasteiger partial charge on any atom is -0.495 e. The summed E-state index contributed by atoms with van der Waals surface area (Å²) in [5, 5.41) is 1.17. The van der Waals surface area contributed by atoms with Gasteiger partial charge in [0.1, 0.15) is 5.75 Å². The fraction of sp³-hybridized carbons (Fsp3) is 0.571. The number of hydrogen-bond acceptors (Lipinski definition) is 4. The van der Waals surface area contributed by atoms with Gasteiger partial charge in [-0.3, -0.25) is 4.90 Å². The Labute approximate surface area is 129 Å². The minimum atomic E-state index is 0.203. The van der Waals surface area contributed by atoms with Gasteiger partial charge in [0.05, 0.1) is 24.8 Å². The van der Waals surface area contributed by atoms with Crippen LogP contribution < -0.4 is 10.5 Å². The van der Waals surface area contributed by atoms with Gasteiger partial charge in [0.15, 0.2) is 0 Å². The summed E-state index contributed by atoms with van der Waals surface area (Å²) in [4.78, 5) is 2.31. The summed E-state index contributed by atoms with van der Waals surface area (Å²) in [7, 11) is 1.62. The summed E-state index contributed by atoms with van der Waals surface area (Å²) in [6.07, 6.45) is 1.08. The molecule has 0 radical (unpaired) electrons. The first-order valence-corrected chi connectivity index (χ1v) is 7.45. The van der Waals surface area contributed by atoms with Gasteiger partial charge in [-0.15, -0.1) is 0 Å². The van der Waals surface area contributed by atoms with Gasteiger partial charge in [-0.05, 0) is 25.1 Å². The highest BCUT2D eigenvalue weighted by molar-refractivity contribution is 6.35. The Kier molecular flexibility index (Phi) is 5.93. The third kappa shape index (κ3) is 3.99. The average molecular weight is 319 g/mol. The molecule has 1 fully saturated rings. The van der Waals surface area contributed by atoms with Gasteiger partial charge in [-0.1, -0.05) is 23.2 Å². The number of nitrogens with two attached hydrogens (primary N) is 1. The highest BCUT2D eigenvalue weighted by Crippen LogP contribution is 2.33. The van der Waals surface area contributed by atoms with Gasteiger partial charge in [-0.2, -0.15) is 0 Å². The van der Waals surface area contributed by atoms with Crippen LogP contribution in [0.5, 0.6) is 5.75 Å². The lowest BCUT2D eigenvalue weighted by molar-refractivity contribution is -0.0336. The number of morpholine rings is 1. The molecule has 4 nitrogen and oxygen atoms in total. The number of rotatable bonds is 5. The van der Waals surface area contributed by atoms with Crippen molar-refractivity contribution < 1.29 is 9.47 Å². The van der Waals surface area contributed by atoms with E-state index in [1.54, 1.807) is 13.2 Å². The number of hydrogen-bond donors (Lipinski definition) is 1. The highest BCUT2D eigenvalue weighted by Gasteiger charge is 2.21. The van der Waals surface area contributed by atoms with Crippen molar-refractivity contribution >= 4 is 23.2 Å². The molecule has 0 saturated carbocycles. The molecule has 1 heterocycles. The van der Waals surface area contributed by atoms with Crippen LogP contribution in [0.4, 0.5) is 0 Å². The van der Waals surface area contributed by atoms with E-state index in [1.165, 1.54) is 0 Å². The minimum absolute atomic E-state index is 0.203. The first kappa shape index (κ1) is 15.9. The molecular formula is C14H20Cl2N2O2. The summed E-state index contributed by atoms with van der Waals surface area (Å²) in [6.45, 7) is 3.86. The Balaban J connectivity index is 2.09. The van der Waals surface area contributed by atoms with Crippen molar-refractivity contribution in [3.05, 3.63) is 27.7 Å². The van der Waals surface area contributed by atoms with Gasteiger partial charge < -0.3 is 15.2 Å². The van der Waals surface area contributed by atoms with E-state index in [4.69, 9.17) is 38.4 Å². The number of benzene rings is 1. The molecule has 0 spiro atoms. The first-order valence-electron chi connectivity index (χ1n) is 6.70. The lowest BCUT2D eigenvalue weighted by Gasteiger charge is -2.33. The van der Waals surface area contributed by atoms with Crippen molar-refractivity contribution in [3.8, 4) is 5.75 Å². The van der Waals surface area contributed by atoms with Crippen molar-refractivity contribution in [2.24, 2.45) is 5.73 Å². The standard InChI is InChI=1S/C14H20Cl2N2O2/c1-19-14-10(6-11(15)7-13(14)16)8-18-4-5-20-12(9-18)2-3-17/h6-7,12H,2-5,8-9,17H2,1H3/t12-/m1/s1. The van der Waals surface area contributed by atoms with E-state index in [9.17, 15) is 0 Å². The van der Waals surface area contributed by atoms with Crippen molar-refractivity contribution in [2.45, 2.75) is 19.1 Å². The Morgan fingerprint density at radius 3 is 2.95 bits per heavy atom. The second kappa shape index (κ2) is 7.48. The summed E-state index contributed by atoms with van der Waals surface area (Å²) in [6, 6.07) is 3.60. The Morgan fingerprint density at radius 1 is 1.45 bits per heavy atom. The van der Waals surface area contributed by atoms with Gasteiger partial charge in [0, 0.05) is 30.2 Å². The number of nitrogens with zero attached hydrogens (tertiary/aromatic N) is 1. The second-order valence-corrected chi connectivity index (χ2v) is 5.73. The van der Waals surface area contributed by atoms with E-state index >= 15 is 0 Å². The lowest BCUT2D eigenvalue weighted by atomic mass is 10.1.